The highest BCUT2D eigenvalue weighted by Crippen LogP contribution is 2.37. The summed E-state index contributed by atoms with van der Waals surface area (Å²) in [4.78, 5) is 15.7. The van der Waals surface area contributed by atoms with Gasteiger partial charge in [0.1, 0.15) is 16.3 Å². The Morgan fingerprint density at radius 3 is 2.56 bits per heavy atom. The maximum absolute atomic E-state index is 13.1. The largest absolute Gasteiger partial charge is 0.496 e. The molecule has 1 atom stereocenters. The van der Waals surface area contributed by atoms with Crippen LogP contribution in [-0.2, 0) is 0 Å². The Labute approximate surface area is 159 Å². The molecular formula is C19H17BrClNO3. The summed E-state index contributed by atoms with van der Waals surface area (Å²) in [5, 5.41) is 1.42. The van der Waals surface area contributed by atoms with E-state index in [4.69, 9.17) is 21.1 Å². The first-order valence-electron chi connectivity index (χ1n) is 7.63. The van der Waals surface area contributed by atoms with E-state index in [-0.39, 0.29) is 5.78 Å². The van der Waals surface area contributed by atoms with Crippen molar-refractivity contribution < 1.29 is 14.3 Å². The lowest BCUT2D eigenvalue weighted by molar-refractivity contribution is 0.0992. The van der Waals surface area contributed by atoms with Crippen LogP contribution in [0.4, 0.5) is 0 Å². The summed E-state index contributed by atoms with van der Waals surface area (Å²) < 4.78 is 10.7. The summed E-state index contributed by atoms with van der Waals surface area (Å²) in [6.45, 7) is 1.95. The number of carbonyl (C=O) groups is 1. The zero-order valence-electron chi connectivity index (χ0n) is 14.0. The van der Waals surface area contributed by atoms with E-state index in [1.54, 1.807) is 38.6 Å². The number of ketones is 1. The minimum atomic E-state index is -0.541. The molecule has 3 rings (SSSR count). The standard InChI is InChI=1S/C19H17BrClNO3/c1-10-6-13-14(9-22-15(13)8-16(10)24-2)19(23)18(20)12-5-4-11(21)7-17(12)25-3/h4-9,18,22H,1-3H3. The lowest BCUT2D eigenvalue weighted by atomic mass is 10.0. The molecule has 2 aromatic carbocycles. The number of alkyl halides is 1. The van der Waals surface area contributed by atoms with Crippen LogP contribution in [0.15, 0.2) is 36.5 Å². The van der Waals surface area contributed by atoms with Crippen LogP contribution in [0.25, 0.3) is 10.9 Å². The predicted molar refractivity (Wildman–Crippen MR) is 104 cm³/mol. The maximum atomic E-state index is 13.1. The zero-order chi connectivity index (χ0) is 18.1. The van der Waals surface area contributed by atoms with Crippen molar-refractivity contribution in [1.29, 1.82) is 0 Å². The molecule has 0 saturated heterocycles. The number of aryl methyl sites for hydroxylation is 1. The van der Waals surface area contributed by atoms with E-state index in [9.17, 15) is 4.79 Å². The molecule has 0 aliphatic heterocycles. The zero-order valence-corrected chi connectivity index (χ0v) is 16.4. The van der Waals surface area contributed by atoms with E-state index in [0.29, 0.717) is 16.3 Å². The number of nitrogens with one attached hydrogen (secondary N) is 1. The molecule has 1 unspecified atom stereocenters. The summed E-state index contributed by atoms with van der Waals surface area (Å²) in [6.07, 6.45) is 1.72. The molecule has 0 amide bonds. The van der Waals surface area contributed by atoms with Crippen LogP contribution in [0, 0.1) is 6.92 Å². The van der Waals surface area contributed by atoms with Crippen molar-refractivity contribution in [2.24, 2.45) is 0 Å². The van der Waals surface area contributed by atoms with Crippen LogP contribution in [0.5, 0.6) is 11.5 Å². The number of fused-ring (bicyclic) bond motifs is 1. The number of H-pyrrole nitrogens is 1. The second kappa shape index (κ2) is 7.10. The van der Waals surface area contributed by atoms with Crippen LogP contribution < -0.4 is 9.47 Å². The van der Waals surface area contributed by atoms with Crippen molar-refractivity contribution in [2.75, 3.05) is 14.2 Å². The maximum Gasteiger partial charge on any atom is 0.183 e. The lowest BCUT2D eigenvalue weighted by Gasteiger charge is -2.14. The van der Waals surface area contributed by atoms with Gasteiger partial charge in [-0.2, -0.15) is 0 Å². The van der Waals surface area contributed by atoms with Gasteiger partial charge < -0.3 is 14.5 Å². The third-order valence-electron chi connectivity index (χ3n) is 4.16. The Balaban J connectivity index is 2.03. The SMILES string of the molecule is COc1cc2[nH]cc(C(=O)C(Br)c3ccc(Cl)cc3OC)c2cc1C. The van der Waals surface area contributed by atoms with Gasteiger partial charge in [0.2, 0.25) is 0 Å². The minimum Gasteiger partial charge on any atom is -0.496 e. The highest BCUT2D eigenvalue weighted by molar-refractivity contribution is 9.09. The number of carbonyl (C=O) groups excluding carboxylic acids is 1. The fourth-order valence-electron chi connectivity index (χ4n) is 2.85. The molecule has 0 fully saturated rings. The number of halogens is 2. The molecule has 130 valence electrons. The Morgan fingerprint density at radius 2 is 1.88 bits per heavy atom. The second-order valence-electron chi connectivity index (χ2n) is 5.68. The van der Waals surface area contributed by atoms with E-state index in [1.807, 2.05) is 19.1 Å². The molecule has 0 aliphatic rings. The number of hydrogen-bond acceptors (Lipinski definition) is 3. The number of ether oxygens (including phenoxy) is 2. The number of methoxy groups -OCH3 is 2. The summed E-state index contributed by atoms with van der Waals surface area (Å²) in [5.74, 6) is 1.29. The van der Waals surface area contributed by atoms with Gasteiger partial charge in [0, 0.05) is 39.3 Å². The molecule has 6 heteroatoms. The third kappa shape index (κ3) is 3.26. The van der Waals surface area contributed by atoms with Gasteiger partial charge in [-0.25, -0.2) is 0 Å². The molecule has 1 N–H and O–H groups in total. The van der Waals surface area contributed by atoms with E-state index >= 15 is 0 Å². The van der Waals surface area contributed by atoms with Crippen LogP contribution >= 0.6 is 27.5 Å². The Hall–Kier alpha value is -1.98. The number of Topliss-reactive ketones (excluding diaryl/α,β-unsaturated/α-hetero) is 1. The number of aromatic amines is 1. The fraction of sp³-hybridized carbons (Fsp3) is 0.211. The topological polar surface area (TPSA) is 51.3 Å². The summed E-state index contributed by atoms with van der Waals surface area (Å²) in [6, 6.07) is 9.08. The van der Waals surface area contributed by atoms with Crippen molar-refractivity contribution in [3.8, 4) is 11.5 Å². The van der Waals surface area contributed by atoms with E-state index in [0.717, 1.165) is 27.8 Å². The van der Waals surface area contributed by atoms with Gasteiger partial charge in [0.25, 0.3) is 0 Å². The van der Waals surface area contributed by atoms with Crippen molar-refractivity contribution in [1.82, 2.24) is 4.98 Å². The van der Waals surface area contributed by atoms with Gasteiger partial charge in [0.05, 0.1) is 14.2 Å². The first-order chi connectivity index (χ1) is 12.0. The second-order valence-corrected chi connectivity index (χ2v) is 7.03. The van der Waals surface area contributed by atoms with Gasteiger partial charge >= 0.3 is 0 Å². The molecule has 0 radical (unpaired) electrons. The van der Waals surface area contributed by atoms with Crippen molar-refractivity contribution >= 4 is 44.2 Å². The summed E-state index contributed by atoms with van der Waals surface area (Å²) in [7, 11) is 3.19. The molecule has 0 spiro atoms. The Bertz CT molecular complexity index is 951. The lowest BCUT2D eigenvalue weighted by Crippen LogP contribution is -2.08. The van der Waals surface area contributed by atoms with Crippen LogP contribution in [0.1, 0.15) is 26.3 Å². The Morgan fingerprint density at radius 1 is 1.16 bits per heavy atom. The third-order valence-corrected chi connectivity index (χ3v) is 5.31. The van der Waals surface area contributed by atoms with Gasteiger partial charge in [-0.1, -0.05) is 33.6 Å². The molecule has 4 nitrogen and oxygen atoms in total. The Kier molecular flexibility index (Phi) is 5.06. The number of rotatable bonds is 5. The number of benzene rings is 2. The predicted octanol–water partition coefficient (Wildman–Crippen LogP) is 5.47. The average Bonchev–Trinajstić information content (AvgIpc) is 3.02. The molecule has 1 heterocycles. The van der Waals surface area contributed by atoms with Crippen molar-refractivity contribution in [3.63, 3.8) is 0 Å². The molecular weight excluding hydrogens is 406 g/mol. The number of hydrogen-bond donors (Lipinski definition) is 1. The number of aromatic nitrogens is 1. The highest BCUT2D eigenvalue weighted by atomic mass is 79.9. The summed E-state index contributed by atoms with van der Waals surface area (Å²) in [5.41, 5.74) is 3.17. The smallest absolute Gasteiger partial charge is 0.183 e. The molecule has 0 saturated carbocycles. The molecule has 0 bridgehead atoms. The van der Waals surface area contributed by atoms with Gasteiger partial charge in [0.15, 0.2) is 5.78 Å². The molecule has 3 aromatic rings. The van der Waals surface area contributed by atoms with Crippen LogP contribution in [0.2, 0.25) is 5.02 Å². The van der Waals surface area contributed by atoms with E-state index in [2.05, 4.69) is 20.9 Å². The van der Waals surface area contributed by atoms with Gasteiger partial charge in [-0.05, 0) is 30.7 Å². The normalized spacial score (nSPS) is 12.2. The fourth-order valence-corrected chi connectivity index (χ4v) is 3.64. The van der Waals surface area contributed by atoms with Gasteiger partial charge in [-0.3, -0.25) is 4.79 Å². The van der Waals surface area contributed by atoms with Crippen LogP contribution in [-0.4, -0.2) is 25.0 Å². The van der Waals surface area contributed by atoms with E-state index in [1.165, 1.54) is 0 Å². The van der Waals surface area contributed by atoms with Crippen molar-refractivity contribution in [3.05, 3.63) is 58.2 Å². The van der Waals surface area contributed by atoms with Gasteiger partial charge in [-0.15, -0.1) is 0 Å². The molecule has 25 heavy (non-hydrogen) atoms. The monoisotopic (exact) mass is 421 g/mol. The molecule has 0 aliphatic carbocycles. The highest BCUT2D eigenvalue weighted by Gasteiger charge is 2.25. The quantitative estimate of drug-likeness (QED) is 0.438. The van der Waals surface area contributed by atoms with Crippen LogP contribution in [0.3, 0.4) is 0 Å². The summed E-state index contributed by atoms with van der Waals surface area (Å²) >= 11 is 9.52. The van der Waals surface area contributed by atoms with E-state index < -0.39 is 4.83 Å². The average molecular weight is 423 g/mol. The molecule has 1 aromatic heterocycles. The first kappa shape index (κ1) is 17.8. The first-order valence-corrected chi connectivity index (χ1v) is 8.93. The van der Waals surface area contributed by atoms with Crippen molar-refractivity contribution in [2.45, 2.75) is 11.8 Å². The minimum absolute atomic E-state index is 0.0589.